The van der Waals surface area contributed by atoms with Crippen molar-refractivity contribution in [2.45, 2.75) is 32.6 Å². The van der Waals surface area contributed by atoms with Crippen molar-refractivity contribution in [2.75, 3.05) is 20.7 Å². The minimum absolute atomic E-state index is 0.0997. The third-order valence-electron chi connectivity index (χ3n) is 3.64. The summed E-state index contributed by atoms with van der Waals surface area (Å²) in [5, 5.41) is 3.96. The highest BCUT2D eigenvalue weighted by Crippen LogP contribution is 2.20. The summed E-state index contributed by atoms with van der Waals surface area (Å²) in [7, 11) is 3.45. The highest BCUT2D eigenvalue weighted by Gasteiger charge is 2.13. The third kappa shape index (κ3) is 4.81. The molecule has 0 saturated heterocycles. The molecular formula is C17H23N3O3. The lowest BCUT2D eigenvalue weighted by atomic mass is 10.2. The zero-order chi connectivity index (χ0) is 16.7. The van der Waals surface area contributed by atoms with E-state index in [4.69, 9.17) is 9.26 Å². The van der Waals surface area contributed by atoms with Crippen LogP contribution < -0.4 is 4.74 Å². The molecule has 124 valence electrons. The third-order valence-corrected chi connectivity index (χ3v) is 3.64. The maximum Gasteiger partial charge on any atom is 0.227 e. The predicted octanol–water partition coefficient (Wildman–Crippen LogP) is 2.94. The molecule has 0 aliphatic heterocycles. The fourth-order valence-electron chi connectivity index (χ4n) is 2.14. The van der Waals surface area contributed by atoms with E-state index in [1.165, 1.54) is 0 Å². The maximum absolute atomic E-state index is 12.0. The molecule has 23 heavy (non-hydrogen) atoms. The van der Waals surface area contributed by atoms with Gasteiger partial charge in [0.25, 0.3) is 0 Å². The average molecular weight is 317 g/mol. The molecule has 1 aromatic carbocycles. The molecule has 1 aromatic heterocycles. The molecule has 0 saturated carbocycles. The summed E-state index contributed by atoms with van der Waals surface area (Å²) in [6.45, 7) is 2.90. The van der Waals surface area contributed by atoms with Gasteiger partial charge < -0.3 is 14.2 Å². The Hall–Kier alpha value is -2.37. The number of ether oxygens (including phenoxy) is 1. The van der Waals surface area contributed by atoms with Gasteiger partial charge in [-0.15, -0.1) is 0 Å². The van der Waals surface area contributed by atoms with E-state index in [0.29, 0.717) is 24.6 Å². The first-order chi connectivity index (χ1) is 11.1. The molecule has 2 rings (SSSR count). The van der Waals surface area contributed by atoms with Gasteiger partial charge in [0, 0.05) is 32.0 Å². The highest BCUT2D eigenvalue weighted by atomic mass is 16.5. The van der Waals surface area contributed by atoms with Crippen molar-refractivity contribution in [3.05, 3.63) is 30.2 Å². The van der Waals surface area contributed by atoms with Crippen LogP contribution in [0.15, 0.2) is 28.8 Å². The van der Waals surface area contributed by atoms with Gasteiger partial charge in [0.05, 0.1) is 7.11 Å². The molecule has 0 aliphatic rings. The lowest BCUT2D eigenvalue weighted by molar-refractivity contribution is -0.130. The summed E-state index contributed by atoms with van der Waals surface area (Å²) in [6.07, 6.45) is 2.93. The molecule has 2 aromatic rings. The number of carbonyl (C=O) groups excluding carboxylic acids is 1. The minimum Gasteiger partial charge on any atom is -0.497 e. The van der Waals surface area contributed by atoms with E-state index in [9.17, 15) is 4.79 Å². The van der Waals surface area contributed by atoms with Gasteiger partial charge >= 0.3 is 0 Å². The van der Waals surface area contributed by atoms with Crippen LogP contribution >= 0.6 is 0 Å². The summed E-state index contributed by atoms with van der Waals surface area (Å²) in [6, 6.07) is 7.43. The smallest absolute Gasteiger partial charge is 0.227 e. The van der Waals surface area contributed by atoms with Crippen LogP contribution in [0, 0.1) is 0 Å². The first kappa shape index (κ1) is 17.0. The Morgan fingerprint density at radius 1 is 1.30 bits per heavy atom. The topological polar surface area (TPSA) is 68.5 Å². The van der Waals surface area contributed by atoms with Crippen molar-refractivity contribution in [3.8, 4) is 17.1 Å². The van der Waals surface area contributed by atoms with Crippen molar-refractivity contribution in [1.82, 2.24) is 15.0 Å². The lowest BCUT2D eigenvalue weighted by Crippen LogP contribution is -2.27. The van der Waals surface area contributed by atoms with Crippen LogP contribution in [0.1, 0.15) is 32.1 Å². The van der Waals surface area contributed by atoms with Gasteiger partial charge in [-0.05, 0) is 30.7 Å². The summed E-state index contributed by atoms with van der Waals surface area (Å²) >= 11 is 0. The standard InChI is InChI=1S/C17H23N3O3/c1-4-5-12-20(2)16(21)11-10-15-18-17(19-23-15)13-6-8-14(22-3)9-7-13/h6-9H,4-5,10-12H2,1-3H3. The lowest BCUT2D eigenvalue weighted by Gasteiger charge is -2.15. The molecule has 6 nitrogen and oxygen atoms in total. The minimum atomic E-state index is 0.0997. The average Bonchev–Trinajstić information content (AvgIpc) is 3.06. The predicted molar refractivity (Wildman–Crippen MR) is 87.2 cm³/mol. The molecule has 0 atom stereocenters. The second kappa shape index (κ2) is 8.31. The molecule has 0 fully saturated rings. The van der Waals surface area contributed by atoms with Gasteiger partial charge in [-0.3, -0.25) is 4.79 Å². The number of nitrogens with zero attached hydrogens (tertiary/aromatic N) is 3. The highest BCUT2D eigenvalue weighted by molar-refractivity contribution is 5.76. The Balaban J connectivity index is 1.90. The Morgan fingerprint density at radius 2 is 2.04 bits per heavy atom. The number of carbonyl (C=O) groups is 1. The van der Waals surface area contributed by atoms with E-state index < -0.39 is 0 Å². The number of unbranched alkanes of at least 4 members (excludes halogenated alkanes) is 1. The Kier molecular flexibility index (Phi) is 6.14. The molecule has 0 N–H and O–H groups in total. The Morgan fingerprint density at radius 3 is 2.70 bits per heavy atom. The van der Waals surface area contributed by atoms with E-state index in [2.05, 4.69) is 17.1 Å². The number of aromatic nitrogens is 2. The van der Waals surface area contributed by atoms with Crippen LogP contribution in [0.25, 0.3) is 11.4 Å². The number of rotatable bonds is 8. The van der Waals surface area contributed by atoms with Crippen molar-refractivity contribution < 1.29 is 14.1 Å². The van der Waals surface area contributed by atoms with Crippen LogP contribution in [0.4, 0.5) is 0 Å². The molecule has 0 unspecified atom stereocenters. The van der Waals surface area contributed by atoms with Gasteiger partial charge in [0.2, 0.25) is 17.6 Å². The molecule has 0 spiro atoms. The zero-order valence-electron chi connectivity index (χ0n) is 13.9. The molecule has 0 bridgehead atoms. The molecule has 0 radical (unpaired) electrons. The van der Waals surface area contributed by atoms with Crippen molar-refractivity contribution in [3.63, 3.8) is 0 Å². The van der Waals surface area contributed by atoms with Gasteiger partial charge in [-0.1, -0.05) is 18.5 Å². The van der Waals surface area contributed by atoms with Gasteiger partial charge in [0.1, 0.15) is 5.75 Å². The number of hydrogen-bond acceptors (Lipinski definition) is 5. The fraction of sp³-hybridized carbons (Fsp3) is 0.471. The summed E-state index contributed by atoms with van der Waals surface area (Å²) in [5.41, 5.74) is 0.854. The summed E-state index contributed by atoms with van der Waals surface area (Å²) < 4.78 is 10.3. The van der Waals surface area contributed by atoms with E-state index in [-0.39, 0.29) is 5.91 Å². The quantitative estimate of drug-likeness (QED) is 0.749. The maximum atomic E-state index is 12.0. The van der Waals surface area contributed by atoms with Gasteiger partial charge in [0.15, 0.2) is 0 Å². The van der Waals surface area contributed by atoms with Crippen molar-refractivity contribution >= 4 is 5.91 Å². The zero-order valence-corrected chi connectivity index (χ0v) is 13.9. The van der Waals surface area contributed by atoms with Crippen LogP contribution in [0.5, 0.6) is 5.75 Å². The van der Waals surface area contributed by atoms with Crippen LogP contribution in [0.2, 0.25) is 0 Å². The molecule has 0 aliphatic carbocycles. The van der Waals surface area contributed by atoms with Gasteiger partial charge in [-0.2, -0.15) is 4.98 Å². The van der Waals surface area contributed by atoms with Crippen molar-refractivity contribution in [1.29, 1.82) is 0 Å². The van der Waals surface area contributed by atoms with E-state index in [0.717, 1.165) is 30.7 Å². The molecule has 1 heterocycles. The number of amides is 1. The van der Waals surface area contributed by atoms with E-state index >= 15 is 0 Å². The van der Waals surface area contributed by atoms with Crippen LogP contribution in [-0.4, -0.2) is 41.6 Å². The fourth-order valence-corrected chi connectivity index (χ4v) is 2.14. The monoisotopic (exact) mass is 317 g/mol. The normalized spacial score (nSPS) is 10.6. The Labute approximate surface area is 136 Å². The number of methoxy groups -OCH3 is 1. The summed E-state index contributed by atoms with van der Waals surface area (Å²) in [5.74, 6) is 1.88. The largest absolute Gasteiger partial charge is 0.497 e. The SMILES string of the molecule is CCCCN(C)C(=O)CCc1nc(-c2ccc(OC)cc2)no1. The number of hydrogen-bond donors (Lipinski definition) is 0. The summed E-state index contributed by atoms with van der Waals surface area (Å²) in [4.78, 5) is 18.1. The van der Waals surface area contributed by atoms with E-state index in [1.807, 2.05) is 31.3 Å². The van der Waals surface area contributed by atoms with Gasteiger partial charge in [-0.25, -0.2) is 0 Å². The first-order valence-electron chi connectivity index (χ1n) is 7.85. The van der Waals surface area contributed by atoms with Crippen LogP contribution in [-0.2, 0) is 11.2 Å². The molecular weight excluding hydrogens is 294 g/mol. The van der Waals surface area contributed by atoms with Crippen LogP contribution in [0.3, 0.4) is 0 Å². The number of benzene rings is 1. The molecule has 1 amide bonds. The molecule has 6 heteroatoms. The first-order valence-corrected chi connectivity index (χ1v) is 7.85. The second-order valence-electron chi connectivity index (χ2n) is 5.41. The van der Waals surface area contributed by atoms with E-state index in [1.54, 1.807) is 12.0 Å². The number of aryl methyl sites for hydroxylation is 1. The second-order valence-corrected chi connectivity index (χ2v) is 5.41. The van der Waals surface area contributed by atoms with Crippen molar-refractivity contribution in [2.24, 2.45) is 0 Å². The Bertz CT molecular complexity index is 622.